The molecule has 1 unspecified atom stereocenters. The largest absolute Gasteiger partial charge is 0.491 e. The lowest BCUT2D eigenvalue weighted by molar-refractivity contribution is -0.919. The minimum Gasteiger partial charge on any atom is -0.491 e. The van der Waals surface area contributed by atoms with Crippen LogP contribution in [0.4, 0.5) is 0 Å². The summed E-state index contributed by atoms with van der Waals surface area (Å²) in [6, 6.07) is 7.21. The zero-order chi connectivity index (χ0) is 23.3. The average Bonchev–Trinajstić information content (AvgIpc) is 2.66. The van der Waals surface area contributed by atoms with Gasteiger partial charge in [-0.2, -0.15) is 0 Å². The van der Waals surface area contributed by atoms with E-state index in [0.717, 1.165) is 16.8 Å². The molecule has 0 amide bonds. The van der Waals surface area contributed by atoms with Crippen LogP contribution >= 0.6 is 0 Å². The first-order chi connectivity index (χ1) is 14.3. The summed E-state index contributed by atoms with van der Waals surface area (Å²) in [7, 11) is 4.50. The van der Waals surface area contributed by atoms with Crippen molar-refractivity contribution in [3.8, 4) is 5.75 Å². The van der Waals surface area contributed by atoms with Crippen molar-refractivity contribution < 1.29 is 19.1 Å². The quantitative estimate of drug-likeness (QED) is 0.415. The number of likely N-dealkylation sites (N-methyl/N-ethyl adjacent to an activating group) is 1. The monoisotopic (exact) mass is 434 g/mol. The number of ether oxygens (including phenoxy) is 2. The molecule has 4 nitrogen and oxygen atoms in total. The Morgan fingerprint density at radius 1 is 0.968 bits per heavy atom. The number of rotatable bonds is 9. The van der Waals surface area contributed by atoms with Gasteiger partial charge in [0.15, 0.2) is 0 Å². The Morgan fingerprint density at radius 2 is 1.61 bits per heavy atom. The van der Waals surface area contributed by atoms with E-state index in [1.807, 2.05) is 0 Å². The van der Waals surface area contributed by atoms with Crippen LogP contribution in [-0.4, -0.2) is 62.2 Å². The first kappa shape index (κ1) is 26.2. The standard InChI is InChI=1S/C27H48NO3/c1-26(2,3)21-14-15-25(24(18-21)27(4,5)6)31-17-16-30-20-23(29)19-28(7,8)22-12-10-9-11-13-22/h14-15,18,22-23,29H,9-13,16-17,19-20H2,1-8H3/q+1. The third-order valence-corrected chi connectivity index (χ3v) is 6.69. The second kappa shape index (κ2) is 10.7. The molecule has 1 aromatic carbocycles. The summed E-state index contributed by atoms with van der Waals surface area (Å²) < 4.78 is 12.8. The molecule has 1 aliphatic carbocycles. The molecule has 1 fully saturated rings. The summed E-state index contributed by atoms with van der Waals surface area (Å²) in [5.74, 6) is 0.930. The maximum atomic E-state index is 10.5. The number of benzene rings is 1. The highest BCUT2D eigenvalue weighted by molar-refractivity contribution is 5.43. The van der Waals surface area contributed by atoms with Crippen molar-refractivity contribution in [2.24, 2.45) is 0 Å². The van der Waals surface area contributed by atoms with E-state index in [-0.39, 0.29) is 10.8 Å². The van der Waals surface area contributed by atoms with E-state index in [9.17, 15) is 5.11 Å². The van der Waals surface area contributed by atoms with Gasteiger partial charge in [-0.1, -0.05) is 60.1 Å². The van der Waals surface area contributed by atoms with Crippen LogP contribution in [0.3, 0.4) is 0 Å². The SMILES string of the molecule is CC(C)(C)c1ccc(OCCOCC(O)C[N+](C)(C)C2CCCCC2)c(C(C)(C)C)c1. The maximum absolute atomic E-state index is 10.5. The molecule has 31 heavy (non-hydrogen) atoms. The molecular weight excluding hydrogens is 386 g/mol. The first-order valence-corrected chi connectivity index (χ1v) is 12.2. The highest BCUT2D eigenvalue weighted by atomic mass is 16.5. The molecule has 1 saturated carbocycles. The molecular formula is C27H48NO3+. The van der Waals surface area contributed by atoms with Crippen LogP contribution in [0.25, 0.3) is 0 Å². The summed E-state index contributed by atoms with van der Waals surface area (Å²) in [6.45, 7) is 15.5. The van der Waals surface area contributed by atoms with Gasteiger partial charge in [0.2, 0.25) is 0 Å². The lowest BCUT2D eigenvalue weighted by Gasteiger charge is -2.41. The van der Waals surface area contributed by atoms with Gasteiger partial charge in [0, 0.05) is 0 Å². The summed E-state index contributed by atoms with van der Waals surface area (Å²) in [6.07, 6.45) is 6.12. The van der Waals surface area contributed by atoms with E-state index in [2.05, 4.69) is 73.8 Å². The number of quaternary nitrogens is 1. The molecule has 1 aliphatic rings. The van der Waals surface area contributed by atoms with E-state index in [1.54, 1.807) is 0 Å². The fraction of sp³-hybridized carbons (Fsp3) is 0.778. The van der Waals surface area contributed by atoms with Crippen LogP contribution in [0.2, 0.25) is 0 Å². The van der Waals surface area contributed by atoms with Crippen molar-refractivity contribution in [1.82, 2.24) is 0 Å². The smallest absolute Gasteiger partial charge is 0.126 e. The van der Waals surface area contributed by atoms with Crippen LogP contribution in [0.1, 0.15) is 84.8 Å². The fourth-order valence-corrected chi connectivity index (χ4v) is 4.66. The zero-order valence-electron chi connectivity index (χ0n) is 21.5. The Morgan fingerprint density at radius 3 is 2.19 bits per heavy atom. The highest BCUT2D eigenvalue weighted by Gasteiger charge is 2.31. The number of hydrogen-bond donors (Lipinski definition) is 1. The van der Waals surface area contributed by atoms with Crippen molar-refractivity contribution in [3.63, 3.8) is 0 Å². The fourth-order valence-electron chi connectivity index (χ4n) is 4.66. The van der Waals surface area contributed by atoms with Crippen molar-refractivity contribution in [1.29, 1.82) is 0 Å². The maximum Gasteiger partial charge on any atom is 0.126 e. The Hall–Kier alpha value is -1.10. The van der Waals surface area contributed by atoms with Gasteiger partial charge in [-0.25, -0.2) is 0 Å². The highest BCUT2D eigenvalue weighted by Crippen LogP contribution is 2.35. The van der Waals surface area contributed by atoms with Gasteiger partial charge >= 0.3 is 0 Å². The van der Waals surface area contributed by atoms with Gasteiger partial charge in [0.25, 0.3) is 0 Å². The Bertz CT molecular complexity index is 679. The van der Waals surface area contributed by atoms with Crippen molar-refractivity contribution in [2.45, 2.75) is 96.6 Å². The van der Waals surface area contributed by atoms with Gasteiger partial charge in [-0.3, -0.25) is 0 Å². The van der Waals surface area contributed by atoms with Crippen LogP contribution in [0, 0.1) is 0 Å². The molecule has 0 aliphatic heterocycles. The zero-order valence-corrected chi connectivity index (χ0v) is 21.5. The second-order valence-electron chi connectivity index (χ2n) is 12.0. The van der Waals surface area contributed by atoms with Crippen LogP contribution < -0.4 is 4.74 Å². The van der Waals surface area contributed by atoms with Crippen LogP contribution in [0.5, 0.6) is 5.75 Å². The Labute approximate surface area is 191 Å². The van der Waals surface area contributed by atoms with Crippen molar-refractivity contribution >= 4 is 0 Å². The third-order valence-electron chi connectivity index (χ3n) is 6.69. The van der Waals surface area contributed by atoms with Gasteiger partial charge in [0.05, 0.1) is 33.4 Å². The van der Waals surface area contributed by atoms with Gasteiger partial charge in [-0.15, -0.1) is 0 Å². The number of aliphatic hydroxyl groups is 1. The van der Waals surface area contributed by atoms with E-state index in [4.69, 9.17) is 9.47 Å². The average molecular weight is 435 g/mol. The lowest BCUT2D eigenvalue weighted by atomic mass is 9.80. The van der Waals surface area contributed by atoms with Crippen LogP contribution in [-0.2, 0) is 15.6 Å². The topological polar surface area (TPSA) is 38.7 Å². The molecule has 1 atom stereocenters. The number of aliphatic hydroxyl groups excluding tert-OH is 1. The minimum absolute atomic E-state index is 0.0102. The molecule has 1 aromatic rings. The van der Waals surface area contributed by atoms with E-state index in [1.165, 1.54) is 43.2 Å². The Balaban J connectivity index is 1.82. The molecule has 0 aromatic heterocycles. The van der Waals surface area contributed by atoms with Gasteiger partial charge < -0.3 is 19.1 Å². The van der Waals surface area contributed by atoms with E-state index >= 15 is 0 Å². The number of hydrogen-bond acceptors (Lipinski definition) is 3. The molecule has 0 radical (unpaired) electrons. The molecule has 4 heteroatoms. The normalized spacial score (nSPS) is 17.6. The second-order valence-corrected chi connectivity index (χ2v) is 12.0. The molecule has 0 spiro atoms. The Kier molecular flexibility index (Phi) is 9.01. The first-order valence-electron chi connectivity index (χ1n) is 12.2. The molecule has 0 heterocycles. The van der Waals surface area contributed by atoms with Crippen LogP contribution in [0.15, 0.2) is 18.2 Å². The summed E-state index contributed by atoms with van der Waals surface area (Å²) in [5, 5.41) is 10.5. The van der Waals surface area contributed by atoms with E-state index in [0.29, 0.717) is 25.9 Å². The van der Waals surface area contributed by atoms with Crippen molar-refractivity contribution in [3.05, 3.63) is 29.3 Å². The van der Waals surface area contributed by atoms with E-state index < -0.39 is 6.10 Å². The lowest BCUT2D eigenvalue weighted by Crippen LogP contribution is -2.54. The van der Waals surface area contributed by atoms with Gasteiger partial charge in [0.1, 0.15) is 25.0 Å². The van der Waals surface area contributed by atoms with Crippen molar-refractivity contribution in [2.75, 3.05) is 40.5 Å². The molecule has 0 bridgehead atoms. The number of nitrogens with zero attached hydrogens (tertiary/aromatic N) is 1. The molecule has 1 N–H and O–H groups in total. The summed E-state index contributed by atoms with van der Waals surface area (Å²) in [4.78, 5) is 0. The summed E-state index contributed by atoms with van der Waals surface area (Å²) in [5.41, 5.74) is 2.67. The molecule has 0 saturated heterocycles. The molecule has 2 rings (SSSR count). The molecule has 178 valence electrons. The predicted molar refractivity (Wildman–Crippen MR) is 130 cm³/mol. The summed E-state index contributed by atoms with van der Waals surface area (Å²) >= 11 is 0. The predicted octanol–water partition coefficient (Wildman–Crippen LogP) is 5.45. The minimum atomic E-state index is -0.437. The van der Waals surface area contributed by atoms with Gasteiger partial charge in [-0.05, 0) is 53.7 Å². The third kappa shape index (κ3) is 8.07.